The van der Waals surface area contributed by atoms with Crippen molar-refractivity contribution in [1.29, 1.82) is 0 Å². The summed E-state index contributed by atoms with van der Waals surface area (Å²) in [6, 6.07) is 15.3. The minimum Gasteiger partial charge on any atom is -0.355 e. The van der Waals surface area contributed by atoms with E-state index in [2.05, 4.69) is 17.0 Å². The molecule has 0 radical (unpaired) electrons. The topological polar surface area (TPSA) is 75.3 Å². The molecule has 0 aromatic heterocycles. The third kappa shape index (κ3) is 5.42. The molecule has 0 heterocycles. The fraction of sp³-hybridized carbons (Fsp3) is 0.409. The highest BCUT2D eigenvalue weighted by molar-refractivity contribution is 7.89. The lowest BCUT2D eigenvalue weighted by molar-refractivity contribution is -0.120. The molecule has 2 N–H and O–H groups in total. The number of fused-ring (bicyclic) bond motifs is 1. The van der Waals surface area contributed by atoms with Crippen molar-refractivity contribution >= 4 is 15.9 Å². The highest BCUT2D eigenvalue weighted by Crippen LogP contribution is 2.24. The zero-order chi connectivity index (χ0) is 20.0. The van der Waals surface area contributed by atoms with Crippen molar-refractivity contribution in [2.45, 2.75) is 49.8 Å². The van der Waals surface area contributed by atoms with Crippen LogP contribution >= 0.6 is 0 Å². The summed E-state index contributed by atoms with van der Waals surface area (Å²) in [5.41, 5.74) is 3.54. The molecule has 6 heteroatoms. The molecule has 0 saturated carbocycles. The summed E-state index contributed by atoms with van der Waals surface area (Å²) in [5.74, 6) is 0.0493. The molecule has 1 aliphatic rings. The van der Waals surface area contributed by atoms with Crippen molar-refractivity contribution in [1.82, 2.24) is 10.0 Å². The van der Waals surface area contributed by atoms with E-state index in [0.717, 1.165) is 36.8 Å². The van der Waals surface area contributed by atoms with Gasteiger partial charge in [-0.1, -0.05) is 43.3 Å². The number of aryl methyl sites for hydroxylation is 2. The first-order valence-electron chi connectivity index (χ1n) is 9.89. The Morgan fingerprint density at radius 1 is 1.04 bits per heavy atom. The molecule has 0 saturated heterocycles. The van der Waals surface area contributed by atoms with E-state index in [4.69, 9.17) is 0 Å². The summed E-state index contributed by atoms with van der Waals surface area (Å²) < 4.78 is 27.6. The van der Waals surface area contributed by atoms with E-state index < -0.39 is 10.0 Å². The van der Waals surface area contributed by atoms with Gasteiger partial charge in [-0.15, -0.1) is 0 Å². The van der Waals surface area contributed by atoms with Gasteiger partial charge in [0.2, 0.25) is 15.9 Å². The van der Waals surface area contributed by atoms with Crippen molar-refractivity contribution in [3.05, 3.63) is 65.2 Å². The Bertz CT molecular complexity index is 911. The van der Waals surface area contributed by atoms with E-state index in [1.807, 2.05) is 36.4 Å². The Morgan fingerprint density at radius 3 is 2.50 bits per heavy atom. The van der Waals surface area contributed by atoms with Crippen molar-refractivity contribution in [2.24, 2.45) is 0 Å². The van der Waals surface area contributed by atoms with E-state index in [9.17, 15) is 13.2 Å². The van der Waals surface area contributed by atoms with Crippen LogP contribution in [0.25, 0.3) is 0 Å². The van der Waals surface area contributed by atoms with Crippen LogP contribution in [-0.2, 0) is 27.7 Å². The largest absolute Gasteiger partial charge is 0.355 e. The lowest BCUT2D eigenvalue weighted by Crippen LogP contribution is -2.32. The van der Waals surface area contributed by atoms with Crippen LogP contribution in [0.2, 0.25) is 0 Å². The molecule has 0 fully saturated rings. The summed E-state index contributed by atoms with van der Waals surface area (Å²) >= 11 is 0. The van der Waals surface area contributed by atoms with Crippen LogP contribution in [0, 0.1) is 0 Å². The standard InChI is InChI=1S/C22H28N2O3S/c1-17(18-7-3-2-4-8-18)16-23-22(25)13-14-24-28(26,27)21-12-11-19-9-5-6-10-20(19)15-21/h2-4,7-8,11-12,15,17,24H,5-6,9-10,13-14,16H2,1H3,(H,23,25). The van der Waals surface area contributed by atoms with Gasteiger partial charge in [0.05, 0.1) is 4.90 Å². The molecular weight excluding hydrogens is 372 g/mol. The van der Waals surface area contributed by atoms with Crippen LogP contribution in [0.1, 0.15) is 48.8 Å². The Hall–Kier alpha value is -2.18. The normalized spacial score (nSPS) is 14.9. The Kier molecular flexibility index (Phi) is 6.86. The first kappa shape index (κ1) is 20.6. The smallest absolute Gasteiger partial charge is 0.240 e. The zero-order valence-corrected chi connectivity index (χ0v) is 17.1. The molecule has 1 atom stereocenters. The average molecular weight is 401 g/mol. The minimum atomic E-state index is -3.59. The lowest BCUT2D eigenvalue weighted by atomic mass is 9.92. The Morgan fingerprint density at radius 2 is 1.75 bits per heavy atom. The molecule has 1 aliphatic carbocycles. The SMILES string of the molecule is CC(CNC(=O)CCNS(=O)(=O)c1ccc2c(c1)CCCC2)c1ccccc1. The molecule has 1 amide bonds. The van der Waals surface area contributed by atoms with Gasteiger partial charge in [-0.2, -0.15) is 0 Å². The zero-order valence-electron chi connectivity index (χ0n) is 16.3. The van der Waals surface area contributed by atoms with Crippen LogP contribution in [0.15, 0.2) is 53.4 Å². The van der Waals surface area contributed by atoms with E-state index in [1.54, 1.807) is 12.1 Å². The maximum absolute atomic E-state index is 12.5. The second kappa shape index (κ2) is 9.34. The first-order valence-corrected chi connectivity index (χ1v) is 11.4. The highest BCUT2D eigenvalue weighted by Gasteiger charge is 2.18. The molecule has 0 bridgehead atoms. The van der Waals surface area contributed by atoms with E-state index >= 15 is 0 Å². The van der Waals surface area contributed by atoms with Gasteiger partial charge >= 0.3 is 0 Å². The number of carbonyl (C=O) groups is 1. The summed E-state index contributed by atoms with van der Waals surface area (Å²) in [7, 11) is -3.59. The van der Waals surface area contributed by atoms with Crippen LogP contribution in [0.3, 0.4) is 0 Å². The second-order valence-corrected chi connectivity index (χ2v) is 9.17. The van der Waals surface area contributed by atoms with Gasteiger partial charge < -0.3 is 5.32 Å². The van der Waals surface area contributed by atoms with Gasteiger partial charge in [-0.05, 0) is 60.4 Å². The van der Waals surface area contributed by atoms with Crippen molar-refractivity contribution in [3.63, 3.8) is 0 Å². The summed E-state index contributed by atoms with van der Waals surface area (Å²) in [6.45, 7) is 2.67. The molecule has 2 aromatic rings. The molecule has 3 rings (SSSR count). The summed E-state index contributed by atoms with van der Waals surface area (Å²) in [5, 5.41) is 2.87. The Labute approximate surface area is 167 Å². The van der Waals surface area contributed by atoms with Crippen LogP contribution in [-0.4, -0.2) is 27.4 Å². The summed E-state index contributed by atoms with van der Waals surface area (Å²) in [4.78, 5) is 12.3. The van der Waals surface area contributed by atoms with Crippen molar-refractivity contribution in [3.8, 4) is 0 Å². The minimum absolute atomic E-state index is 0.0883. The van der Waals surface area contributed by atoms with Gasteiger partial charge in [-0.3, -0.25) is 4.79 Å². The van der Waals surface area contributed by atoms with Gasteiger partial charge in [0.1, 0.15) is 0 Å². The molecule has 0 spiro atoms. The van der Waals surface area contributed by atoms with Gasteiger partial charge in [0.25, 0.3) is 0 Å². The highest BCUT2D eigenvalue weighted by atomic mass is 32.2. The van der Waals surface area contributed by atoms with Crippen molar-refractivity contribution < 1.29 is 13.2 Å². The van der Waals surface area contributed by atoms with E-state index in [-0.39, 0.29) is 29.7 Å². The van der Waals surface area contributed by atoms with Crippen molar-refractivity contribution in [2.75, 3.05) is 13.1 Å². The quantitative estimate of drug-likeness (QED) is 0.715. The van der Waals surface area contributed by atoms with Gasteiger partial charge in [0, 0.05) is 19.5 Å². The molecular formula is C22H28N2O3S. The predicted octanol–water partition coefficient (Wildman–Crippen LogP) is 3.15. The maximum Gasteiger partial charge on any atom is 0.240 e. The monoisotopic (exact) mass is 400 g/mol. The second-order valence-electron chi connectivity index (χ2n) is 7.40. The number of sulfonamides is 1. The number of rotatable bonds is 8. The summed E-state index contributed by atoms with van der Waals surface area (Å²) in [6.07, 6.45) is 4.33. The predicted molar refractivity (Wildman–Crippen MR) is 111 cm³/mol. The number of nitrogens with one attached hydrogen (secondary N) is 2. The third-order valence-electron chi connectivity index (χ3n) is 5.25. The lowest BCUT2D eigenvalue weighted by Gasteiger charge is -2.17. The molecule has 0 aliphatic heterocycles. The molecule has 5 nitrogen and oxygen atoms in total. The van der Waals surface area contributed by atoms with E-state index in [0.29, 0.717) is 6.54 Å². The molecule has 150 valence electrons. The number of benzene rings is 2. The third-order valence-corrected chi connectivity index (χ3v) is 6.71. The molecule has 2 aromatic carbocycles. The Balaban J connectivity index is 1.46. The average Bonchev–Trinajstić information content (AvgIpc) is 2.72. The number of hydrogen-bond donors (Lipinski definition) is 2. The van der Waals surface area contributed by atoms with Crippen LogP contribution in [0.5, 0.6) is 0 Å². The number of amides is 1. The van der Waals surface area contributed by atoms with Crippen LogP contribution in [0.4, 0.5) is 0 Å². The number of carbonyl (C=O) groups excluding carboxylic acids is 1. The van der Waals surface area contributed by atoms with E-state index in [1.165, 1.54) is 5.56 Å². The van der Waals surface area contributed by atoms with Gasteiger partial charge in [0.15, 0.2) is 0 Å². The fourth-order valence-electron chi connectivity index (χ4n) is 3.51. The maximum atomic E-state index is 12.5. The molecule has 28 heavy (non-hydrogen) atoms. The molecule has 1 unspecified atom stereocenters. The fourth-order valence-corrected chi connectivity index (χ4v) is 4.60. The number of hydrogen-bond acceptors (Lipinski definition) is 3. The van der Waals surface area contributed by atoms with Gasteiger partial charge in [-0.25, -0.2) is 13.1 Å². The first-order chi connectivity index (χ1) is 13.5. The van der Waals surface area contributed by atoms with Crippen LogP contribution < -0.4 is 10.0 Å².